The molecule has 8 heteroatoms. The Morgan fingerprint density at radius 2 is 1.63 bits per heavy atom. The summed E-state index contributed by atoms with van der Waals surface area (Å²) < 4.78 is 1.95. The van der Waals surface area contributed by atoms with Gasteiger partial charge in [0.15, 0.2) is 5.69 Å². The van der Waals surface area contributed by atoms with Gasteiger partial charge in [-0.2, -0.15) is 0 Å². The highest BCUT2D eigenvalue weighted by atomic mass is 16.6. The first kappa shape index (κ1) is 25.5. The SMILES string of the molecule is CO/N=C(\CCC(=O)O)c1nc2ccccc2n(C2C[C@H]3CC[C@H](C2)N3C2C[C@@H]3CCCC[C@@H](C2)C3)c1=O. The summed E-state index contributed by atoms with van der Waals surface area (Å²) in [5, 5.41) is 13.3. The first-order chi connectivity index (χ1) is 18.5. The summed E-state index contributed by atoms with van der Waals surface area (Å²) in [7, 11) is 1.41. The molecule has 4 fully saturated rings. The topological polar surface area (TPSA) is 97.0 Å². The highest BCUT2D eigenvalue weighted by molar-refractivity contribution is 6.00. The molecule has 0 amide bonds. The third-order valence-electron chi connectivity index (χ3n) is 9.75. The van der Waals surface area contributed by atoms with Gasteiger partial charge in [0.05, 0.1) is 17.5 Å². The van der Waals surface area contributed by atoms with Crippen molar-refractivity contribution in [3.8, 4) is 0 Å². The Kier molecular flexibility index (Phi) is 7.25. The van der Waals surface area contributed by atoms with Crippen molar-refractivity contribution in [2.45, 2.75) is 108 Å². The van der Waals surface area contributed by atoms with E-state index in [-0.39, 0.29) is 30.1 Å². The van der Waals surface area contributed by atoms with E-state index in [1.165, 1.54) is 64.9 Å². The predicted molar refractivity (Wildman–Crippen MR) is 146 cm³/mol. The highest BCUT2D eigenvalue weighted by Crippen LogP contribution is 2.47. The van der Waals surface area contributed by atoms with Crippen LogP contribution in [0.3, 0.4) is 0 Å². The molecule has 2 saturated carbocycles. The Morgan fingerprint density at radius 1 is 0.947 bits per heavy atom. The molecule has 0 spiro atoms. The molecule has 2 aliphatic heterocycles. The van der Waals surface area contributed by atoms with Gasteiger partial charge in [-0.15, -0.1) is 0 Å². The smallest absolute Gasteiger partial charge is 0.303 e. The lowest BCUT2D eigenvalue weighted by Gasteiger charge is -2.48. The van der Waals surface area contributed by atoms with Crippen LogP contribution < -0.4 is 5.56 Å². The van der Waals surface area contributed by atoms with Gasteiger partial charge < -0.3 is 14.5 Å². The third-order valence-corrected chi connectivity index (χ3v) is 9.75. The van der Waals surface area contributed by atoms with Crippen molar-refractivity contribution in [3.05, 3.63) is 40.3 Å². The van der Waals surface area contributed by atoms with Crippen LogP contribution in [0, 0.1) is 11.8 Å². The Morgan fingerprint density at radius 3 is 2.29 bits per heavy atom. The number of carboxylic acid groups (broad SMARTS) is 1. The fourth-order valence-corrected chi connectivity index (χ4v) is 8.35. The van der Waals surface area contributed by atoms with Gasteiger partial charge in [-0.3, -0.25) is 14.5 Å². The van der Waals surface area contributed by atoms with Crippen LogP contribution in [0.5, 0.6) is 0 Å². The summed E-state index contributed by atoms with van der Waals surface area (Å²) in [5.74, 6) is 0.857. The number of para-hydroxylation sites is 2. The van der Waals surface area contributed by atoms with Crippen LogP contribution in [0.4, 0.5) is 0 Å². The molecule has 6 rings (SSSR count). The monoisotopic (exact) mass is 520 g/mol. The Hall–Kier alpha value is -2.74. The van der Waals surface area contributed by atoms with Crippen molar-refractivity contribution in [3.63, 3.8) is 0 Å². The van der Waals surface area contributed by atoms with E-state index in [1.807, 2.05) is 28.8 Å². The zero-order chi connectivity index (χ0) is 26.2. The average Bonchev–Trinajstić information content (AvgIpc) is 3.06. The number of piperidine rings is 1. The fraction of sp³-hybridized carbons (Fsp3) is 0.667. The molecule has 38 heavy (non-hydrogen) atoms. The van der Waals surface area contributed by atoms with Gasteiger partial charge in [-0.25, -0.2) is 4.98 Å². The van der Waals surface area contributed by atoms with Gasteiger partial charge >= 0.3 is 5.97 Å². The first-order valence-corrected chi connectivity index (χ1v) is 14.6. The molecule has 4 atom stereocenters. The van der Waals surface area contributed by atoms with Crippen LogP contribution in [0.25, 0.3) is 11.0 Å². The average molecular weight is 521 g/mol. The lowest BCUT2D eigenvalue weighted by atomic mass is 9.76. The number of hydrogen-bond donors (Lipinski definition) is 1. The molecule has 8 nitrogen and oxygen atoms in total. The van der Waals surface area contributed by atoms with E-state index in [0.29, 0.717) is 23.8 Å². The van der Waals surface area contributed by atoms with Crippen LogP contribution in [0.1, 0.15) is 95.2 Å². The second kappa shape index (κ2) is 10.8. The Labute approximate surface area is 224 Å². The molecule has 2 saturated heterocycles. The molecule has 4 bridgehead atoms. The molecule has 2 aromatic rings. The fourth-order valence-electron chi connectivity index (χ4n) is 8.35. The van der Waals surface area contributed by atoms with Gasteiger partial charge in [0.2, 0.25) is 0 Å². The number of rotatable bonds is 7. The van der Waals surface area contributed by atoms with Crippen LogP contribution in [0.2, 0.25) is 0 Å². The molecule has 1 aromatic carbocycles. The second-order valence-electron chi connectivity index (χ2n) is 12.1. The van der Waals surface area contributed by atoms with Crippen LogP contribution in [-0.4, -0.2) is 56.5 Å². The minimum atomic E-state index is -0.943. The minimum Gasteiger partial charge on any atom is -0.481 e. The summed E-state index contributed by atoms with van der Waals surface area (Å²) in [4.78, 5) is 37.9. The molecule has 2 aliphatic carbocycles. The van der Waals surface area contributed by atoms with E-state index in [0.717, 1.165) is 35.7 Å². The molecular weight excluding hydrogens is 480 g/mol. The molecule has 0 radical (unpaired) electrons. The van der Waals surface area contributed by atoms with E-state index in [2.05, 4.69) is 15.0 Å². The molecule has 1 aromatic heterocycles. The van der Waals surface area contributed by atoms with E-state index < -0.39 is 5.97 Å². The standard InChI is InChI=1S/C30H40N4O4/c1-38-32-26(12-13-28(35)36)29-30(37)34(27-9-5-4-8-25(27)31-29)24-17-21-10-11-22(18-24)33(21)23-15-19-6-2-3-7-20(14-19)16-23/h4-5,8-9,19-24H,2-3,6-7,10-18H2,1H3,(H,35,36)/b32-26+/t19-,20-,21-,22-/m1/s1. The Bertz CT molecular complexity index is 1240. The number of nitrogens with zero attached hydrogens (tertiary/aromatic N) is 4. The molecule has 0 unspecified atom stereocenters. The Balaban J connectivity index is 1.32. The molecule has 204 valence electrons. The summed E-state index contributed by atoms with van der Waals surface area (Å²) in [6, 6.07) is 9.62. The number of aromatic nitrogens is 2. The summed E-state index contributed by atoms with van der Waals surface area (Å²) in [6.07, 6.45) is 14.1. The van der Waals surface area contributed by atoms with Crippen molar-refractivity contribution in [2.24, 2.45) is 17.0 Å². The van der Waals surface area contributed by atoms with Crippen molar-refractivity contribution in [1.29, 1.82) is 0 Å². The molecule has 1 N–H and O–H groups in total. The number of fused-ring (bicyclic) bond motifs is 5. The number of carbonyl (C=O) groups is 1. The van der Waals surface area contributed by atoms with Gasteiger partial charge in [0.1, 0.15) is 12.8 Å². The maximum Gasteiger partial charge on any atom is 0.303 e. The van der Waals surface area contributed by atoms with Gasteiger partial charge in [-0.05, 0) is 68.9 Å². The number of aliphatic carboxylic acids is 1. The third kappa shape index (κ3) is 4.88. The lowest BCUT2D eigenvalue weighted by Crippen LogP contribution is -2.52. The minimum absolute atomic E-state index is 0.0945. The molecular formula is C30H40N4O4. The lowest BCUT2D eigenvalue weighted by molar-refractivity contribution is -0.136. The van der Waals surface area contributed by atoms with E-state index >= 15 is 0 Å². The molecule has 4 aliphatic rings. The van der Waals surface area contributed by atoms with Gasteiger partial charge in [-0.1, -0.05) is 43.0 Å². The second-order valence-corrected chi connectivity index (χ2v) is 12.1. The normalized spacial score (nSPS) is 31.8. The van der Waals surface area contributed by atoms with Crippen LogP contribution >= 0.6 is 0 Å². The van der Waals surface area contributed by atoms with E-state index in [4.69, 9.17) is 4.84 Å². The van der Waals surface area contributed by atoms with Crippen LogP contribution in [0.15, 0.2) is 34.2 Å². The predicted octanol–water partition coefficient (Wildman–Crippen LogP) is 5.14. The van der Waals surface area contributed by atoms with Crippen LogP contribution in [-0.2, 0) is 9.63 Å². The van der Waals surface area contributed by atoms with Crippen molar-refractivity contribution >= 4 is 22.7 Å². The van der Waals surface area contributed by atoms with Gasteiger partial charge in [0, 0.05) is 30.6 Å². The molecule has 3 heterocycles. The number of carboxylic acids is 1. The van der Waals surface area contributed by atoms with E-state index in [9.17, 15) is 14.7 Å². The zero-order valence-electron chi connectivity index (χ0n) is 22.4. The van der Waals surface area contributed by atoms with Crippen molar-refractivity contribution in [2.75, 3.05) is 7.11 Å². The maximum atomic E-state index is 14.0. The van der Waals surface area contributed by atoms with Gasteiger partial charge in [0.25, 0.3) is 5.56 Å². The number of oxime groups is 1. The first-order valence-electron chi connectivity index (χ1n) is 14.6. The maximum absolute atomic E-state index is 14.0. The van der Waals surface area contributed by atoms with Crippen molar-refractivity contribution < 1.29 is 14.7 Å². The quantitative estimate of drug-likeness (QED) is 0.401. The van der Waals surface area contributed by atoms with E-state index in [1.54, 1.807) is 0 Å². The summed E-state index contributed by atoms with van der Waals surface area (Å²) in [6.45, 7) is 0. The summed E-state index contributed by atoms with van der Waals surface area (Å²) >= 11 is 0. The number of benzene rings is 1. The summed E-state index contributed by atoms with van der Waals surface area (Å²) in [5.41, 5.74) is 1.89. The number of hydrogen-bond acceptors (Lipinski definition) is 6. The highest BCUT2D eigenvalue weighted by Gasteiger charge is 2.47. The zero-order valence-corrected chi connectivity index (χ0v) is 22.4. The largest absolute Gasteiger partial charge is 0.481 e. The van der Waals surface area contributed by atoms with Crippen molar-refractivity contribution in [1.82, 2.24) is 14.5 Å².